The van der Waals surface area contributed by atoms with Crippen LogP contribution in [0.2, 0.25) is 0 Å². The minimum absolute atomic E-state index is 0.168. The maximum Gasteiger partial charge on any atom is 0.262 e. The summed E-state index contributed by atoms with van der Waals surface area (Å²) in [5, 5.41) is 11.4. The monoisotopic (exact) mass is 495 g/mol. The first-order valence-electron chi connectivity index (χ1n) is 12.5. The Hall–Kier alpha value is -4.19. The second kappa shape index (κ2) is 11.7. The van der Waals surface area contributed by atoms with Gasteiger partial charge < -0.3 is 10.1 Å². The van der Waals surface area contributed by atoms with Crippen LogP contribution in [0.15, 0.2) is 77.9 Å². The van der Waals surface area contributed by atoms with Gasteiger partial charge in [-0.05, 0) is 64.9 Å². The topological polar surface area (TPSA) is 79.8 Å². The SMILES string of the molecule is Cc1cccc(C)c1OCC(=O)N[C@@H](CC(C)C)C(=O)N/N=C\c1c2ccccc2cc2ccccc12. The summed E-state index contributed by atoms with van der Waals surface area (Å²) in [6.45, 7) is 7.72. The number of nitrogens with one attached hydrogen (secondary N) is 2. The lowest BCUT2D eigenvalue weighted by atomic mass is 9.97. The van der Waals surface area contributed by atoms with Crippen LogP contribution >= 0.6 is 0 Å². The number of benzene rings is 4. The van der Waals surface area contributed by atoms with Gasteiger partial charge in [-0.1, -0.05) is 80.6 Å². The summed E-state index contributed by atoms with van der Waals surface area (Å²) in [6, 6.07) is 23.4. The molecule has 0 unspecified atom stereocenters. The van der Waals surface area contributed by atoms with Crippen LogP contribution in [0, 0.1) is 19.8 Å². The molecule has 2 amide bonds. The van der Waals surface area contributed by atoms with E-state index in [0.717, 1.165) is 38.2 Å². The molecule has 0 aromatic heterocycles. The van der Waals surface area contributed by atoms with Crippen molar-refractivity contribution in [2.75, 3.05) is 6.61 Å². The van der Waals surface area contributed by atoms with Crippen molar-refractivity contribution in [2.45, 2.75) is 40.2 Å². The molecule has 37 heavy (non-hydrogen) atoms. The smallest absolute Gasteiger partial charge is 0.262 e. The van der Waals surface area contributed by atoms with Crippen LogP contribution in [0.25, 0.3) is 21.5 Å². The number of nitrogens with zero attached hydrogens (tertiary/aromatic N) is 1. The zero-order chi connectivity index (χ0) is 26.4. The number of ether oxygens (including phenoxy) is 1. The van der Waals surface area contributed by atoms with Crippen LogP contribution in [0.1, 0.15) is 37.0 Å². The number of rotatable bonds is 9. The fraction of sp³-hybridized carbons (Fsp3) is 0.258. The van der Waals surface area contributed by atoms with E-state index >= 15 is 0 Å². The standard InChI is InChI=1S/C31H33N3O3/c1-20(2)16-28(33-29(35)19-37-30-21(3)10-9-11-22(30)4)31(36)34-32-18-27-25-14-7-5-12-23(25)17-24-13-6-8-15-26(24)27/h5-15,17-18,20,28H,16,19H2,1-4H3,(H,33,35)(H,34,36)/b32-18-/t28-/m0/s1. The average Bonchev–Trinajstić information content (AvgIpc) is 2.87. The van der Waals surface area contributed by atoms with Gasteiger partial charge in [-0.25, -0.2) is 5.43 Å². The van der Waals surface area contributed by atoms with Gasteiger partial charge in [0.15, 0.2) is 6.61 Å². The Bertz CT molecular complexity index is 1380. The van der Waals surface area contributed by atoms with E-state index in [2.05, 4.69) is 34.0 Å². The van der Waals surface area contributed by atoms with Crippen LogP contribution in [0.4, 0.5) is 0 Å². The number of amides is 2. The highest BCUT2D eigenvalue weighted by Gasteiger charge is 2.22. The molecule has 6 nitrogen and oxygen atoms in total. The molecule has 0 spiro atoms. The van der Waals surface area contributed by atoms with E-state index in [9.17, 15) is 9.59 Å². The zero-order valence-electron chi connectivity index (χ0n) is 21.7. The number of fused-ring (bicyclic) bond motifs is 2. The molecule has 0 aliphatic heterocycles. The fourth-order valence-electron chi connectivity index (χ4n) is 4.53. The van der Waals surface area contributed by atoms with Gasteiger partial charge >= 0.3 is 0 Å². The number of hydrogen-bond donors (Lipinski definition) is 2. The van der Waals surface area contributed by atoms with Crippen molar-refractivity contribution in [3.05, 3.63) is 89.5 Å². The number of hydrogen-bond acceptors (Lipinski definition) is 4. The Labute approximate surface area is 217 Å². The summed E-state index contributed by atoms with van der Waals surface area (Å²) in [7, 11) is 0. The van der Waals surface area contributed by atoms with Crippen molar-refractivity contribution in [1.29, 1.82) is 0 Å². The third-order valence-corrected chi connectivity index (χ3v) is 6.30. The summed E-state index contributed by atoms with van der Waals surface area (Å²) >= 11 is 0. The summed E-state index contributed by atoms with van der Waals surface area (Å²) in [6.07, 6.45) is 2.16. The molecular formula is C31H33N3O3. The minimum Gasteiger partial charge on any atom is -0.483 e. The van der Waals surface area contributed by atoms with Gasteiger partial charge in [0, 0.05) is 5.56 Å². The van der Waals surface area contributed by atoms with Crippen LogP contribution in [0.3, 0.4) is 0 Å². The van der Waals surface area contributed by atoms with Crippen LogP contribution in [-0.2, 0) is 9.59 Å². The molecule has 4 rings (SSSR count). The Morgan fingerprint density at radius 1 is 0.892 bits per heavy atom. The predicted molar refractivity (Wildman–Crippen MR) is 150 cm³/mol. The van der Waals surface area contributed by atoms with Gasteiger partial charge in [-0.15, -0.1) is 0 Å². The summed E-state index contributed by atoms with van der Waals surface area (Å²) in [4.78, 5) is 25.7. The highest BCUT2D eigenvalue weighted by molar-refractivity contribution is 6.13. The molecule has 6 heteroatoms. The molecule has 1 atom stereocenters. The van der Waals surface area contributed by atoms with E-state index in [1.54, 1.807) is 6.21 Å². The molecule has 0 aliphatic carbocycles. The van der Waals surface area contributed by atoms with E-state index < -0.39 is 6.04 Å². The van der Waals surface area contributed by atoms with Gasteiger partial charge in [-0.3, -0.25) is 9.59 Å². The number of carbonyl (C=O) groups is 2. The largest absolute Gasteiger partial charge is 0.483 e. The van der Waals surface area contributed by atoms with Crippen molar-refractivity contribution in [1.82, 2.24) is 10.7 Å². The quantitative estimate of drug-likeness (QED) is 0.178. The maximum atomic E-state index is 13.0. The van der Waals surface area contributed by atoms with E-state index in [0.29, 0.717) is 12.2 Å². The van der Waals surface area contributed by atoms with E-state index in [-0.39, 0.29) is 24.3 Å². The van der Waals surface area contributed by atoms with Gasteiger partial charge in [0.1, 0.15) is 11.8 Å². The first-order valence-corrected chi connectivity index (χ1v) is 12.5. The Morgan fingerprint density at radius 3 is 2.08 bits per heavy atom. The second-order valence-corrected chi connectivity index (χ2v) is 9.73. The Morgan fingerprint density at radius 2 is 1.49 bits per heavy atom. The number of para-hydroxylation sites is 1. The number of hydrazone groups is 1. The van der Waals surface area contributed by atoms with Gasteiger partial charge in [-0.2, -0.15) is 5.10 Å². The highest BCUT2D eigenvalue weighted by atomic mass is 16.5. The molecule has 2 N–H and O–H groups in total. The Balaban J connectivity index is 1.47. The summed E-state index contributed by atoms with van der Waals surface area (Å²) in [5.41, 5.74) is 5.49. The normalized spacial score (nSPS) is 12.2. The number of carbonyl (C=O) groups excluding carboxylic acids is 2. The van der Waals surface area contributed by atoms with Crippen LogP contribution in [0.5, 0.6) is 5.75 Å². The Kier molecular flexibility index (Phi) is 8.18. The molecule has 0 fully saturated rings. The maximum absolute atomic E-state index is 13.0. The first kappa shape index (κ1) is 25.9. The lowest BCUT2D eigenvalue weighted by molar-refractivity contribution is -0.130. The minimum atomic E-state index is -0.726. The van der Waals surface area contributed by atoms with Gasteiger partial charge in [0.2, 0.25) is 0 Å². The summed E-state index contributed by atoms with van der Waals surface area (Å²) < 4.78 is 5.76. The molecule has 0 aliphatic rings. The van der Waals surface area contributed by atoms with Crippen LogP contribution in [-0.4, -0.2) is 30.7 Å². The van der Waals surface area contributed by atoms with E-state index in [1.807, 2.05) is 82.3 Å². The van der Waals surface area contributed by atoms with Crippen molar-refractivity contribution in [3.8, 4) is 5.75 Å². The molecule has 0 radical (unpaired) electrons. The van der Waals surface area contributed by atoms with Crippen molar-refractivity contribution >= 4 is 39.6 Å². The van der Waals surface area contributed by atoms with E-state index in [4.69, 9.17) is 4.74 Å². The molecule has 4 aromatic rings. The lowest BCUT2D eigenvalue weighted by Gasteiger charge is -2.19. The van der Waals surface area contributed by atoms with Crippen molar-refractivity contribution < 1.29 is 14.3 Å². The van der Waals surface area contributed by atoms with Crippen molar-refractivity contribution in [3.63, 3.8) is 0 Å². The third-order valence-electron chi connectivity index (χ3n) is 6.30. The molecule has 0 saturated heterocycles. The van der Waals surface area contributed by atoms with E-state index in [1.165, 1.54) is 0 Å². The highest BCUT2D eigenvalue weighted by Crippen LogP contribution is 2.27. The van der Waals surface area contributed by atoms with Crippen LogP contribution < -0.4 is 15.5 Å². The van der Waals surface area contributed by atoms with Crippen molar-refractivity contribution in [2.24, 2.45) is 11.0 Å². The molecular weight excluding hydrogens is 462 g/mol. The second-order valence-electron chi connectivity index (χ2n) is 9.73. The van der Waals surface area contributed by atoms with Gasteiger partial charge in [0.25, 0.3) is 11.8 Å². The molecule has 190 valence electrons. The predicted octanol–water partition coefficient (Wildman–Crippen LogP) is 5.67. The first-order chi connectivity index (χ1) is 17.8. The molecule has 0 heterocycles. The molecule has 4 aromatic carbocycles. The average molecular weight is 496 g/mol. The fourth-order valence-corrected chi connectivity index (χ4v) is 4.53. The molecule has 0 saturated carbocycles. The third kappa shape index (κ3) is 6.33. The zero-order valence-corrected chi connectivity index (χ0v) is 21.7. The molecule has 0 bridgehead atoms. The lowest BCUT2D eigenvalue weighted by Crippen LogP contribution is -2.47. The number of aryl methyl sites for hydroxylation is 2. The summed E-state index contributed by atoms with van der Waals surface area (Å²) in [5.74, 6) is 0.165. The van der Waals surface area contributed by atoms with Gasteiger partial charge in [0.05, 0.1) is 6.21 Å².